The summed E-state index contributed by atoms with van der Waals surface area (Å²) in [6.45, 7) is 7.31. The van der Waals surface area contributed by atoms with Gasteiger partial charge in [-0.1, -0.05) is 29.0 Å². The number of carbonyl (C=O) groups excluding carboxylic acids is 2. The van der Waals surface area contributed by atoms with Crippen molar-refractivity contribution in [1.29, 1.82) is 0 Å². The maximum absolute atomic E-state index is 13.0. The van der Waals surface area contributed by atoms with Crippen molar-refractivity contribution in [2.24, 2.45) is 4.99 Å². The number of aryl methyl sites for hydroxylation is 3. The molecule has 1 aliphatic rings. The molecule has 8 heteroatoms. The third-order valence-corrected chi connectivity index (χ3v) is 6.04. The monoisotopic (exact) mass is 440 g/mol. The normalized spacial score (nSPS) is 13.5. The van der Waals surface area contributed by atoms with E-state index >= 15 is 0 Å². The molecule has 2 aromatic carbocycles. The number of nitrogens with zero attached hydrogens (tertiary/aromatic N) is 2. The molecule has 0 aliphatic carbocycles. The predicted molar refractivity (Wildman–Crippen MR) is 118 cm³/mol. The van der Waals surface area contributed by atoms with Gasteiger partial charge in [0.1, 0.15) is 13.2 Å². The Kier molecular flexibility index (Phi) is 6.08. The van der Waals surface area contributed by atoms with Gasteiger partial charge in [-0.05, 0) is 32.4 Å². The number of thiazole rings is 1. The van der Waals surface area contributed by atoms with E-state index in [4.69, 9.17) is 14.2 Å². The molecule has 0 saturated carbocycles. The number of benzene rings is 2. The van der Waals surface area contributed by atoms with Crippen molar-refractivity contribution in [3.8, 4) is 11.5 Å². The second kappa shape index (κ2) is 8.93. The molecule has 0 spiro atoms. The second-order valence-electron chi connectivity index (χ2n) is 7.29. The quantitative estimate of drug-likeness (QED) is 0.564. The van der Waals surface area contributed by atoms with Crippen LogP contribution in [0.1, 0.15) is 34.8 Å². The molecule has 4 rings (SSSR count). The first-order chi connectivity index (χ1) is 15.0. The summed E-state index contributed by atoms with van der Waals surface area (Å²) in [4.78, 5) is 29.9. The summed E-state index contributed by atoms with van der Waals surface area (Å²) < 4.78 is 19.2. The minimum atomic E-state index is -0.314. The zero-order valence-electron chi connectivity index (χ0n) is 17.8. The zero-order valence-corrected chi connectivity index (χ0v) is 18.6. The number of aromatic nitrogens is 1. The van der Waals surface area contributed by atoms with Crippen molar-refractivity contribution in [1.82, 2.24) is 4.57 Å². The summed E-state index contributed by atoms with van der Waals surface area (Å²) in [7, 11) is 0. The van der Waals surface area contributed by atoms with E-state index in [1.54, 1.807) is 13.0 Å². The summed E-state index contributed by atoms with van der Waals surface area (Å²) >= 11 is 1.38. The molecule has 0 radical (unpaired) electrons. The number of rotatable bonds is 5. The standard InChI is InChI=1S/C23H24N2O5S/c1-4-28-21(26)7-8-25-17-12-18-19(30-10-9-29-18)13-20(17)31-23(25)24-22(27)16-6-5-14(2)11-15(16)3/h5-6,11-13H,4,7-10H2,1-3H3. The van der Waals surface area contributed by atoms with Crippen molar-refractivity contribution >= 4 is 33.4 Å². The van der Waals surface area contributed by atoms with Crippen LogP contribution in [0, 0.1) is 13.8 Å². The minimum absolute atomic E-state index is 0.180. The van der Waals surface area contributed by atoms with Crippen LogP contribution in [0.5, 0.6) is 11.5 Å². The van der Waals surface area contributed by atoms with Gasteiger partial charge in [-0.25, -0.2) is 0 Å². The van der Waals surface area contributed by atoms with Crippen LogP contribution in [0.2, 0.25) is 0 Å². The van der Waals surface area contributed by atoms with Crippen LogP contribution in [-0.4, -0.2) is 36.3 Å². The first kappa shape index (κ1) is 21.1. The molecule has 0 N–H and O–H groups in total. The Hall–Kier alpha value is -3.13. The van der Waals surface area contributed by atoms with Gasteiger partial charge in [0.15, 0.2) is 16.3 Å². The molecule has 3 aromatic rings. The van der Waals surface area contributed by atoms with Crippen LogP contribution in [0.25, 0.3) is 10.2 Å². The van der Waals surface area contributed by atoms with Gasteiger partial charge in [0.05, 0.1) is 23.2 Å². The molecule has 0 fully saturated rings. The number of carbonyl (C=O) groups is 2. The van der Waals surface area contributed by atoms with Gasteiger partial charge in [-0.3, -0.25) is 9.59 Å². The van der Waals surface area contributed by atoms with E-state index in [1.807, 2.05) is 42.7 Å². The molecule has 162 valence electrons. The Morgan fingerprint density at radius 2 is 1.87 bits per heavy atom. The highest BCUT2D eigenvalue weighted by molar-refractivity contribution is 7.16. The highest BCUT2D eigenvalue weighted by Gasteiger charge is 2.18. The average Bonchev–Trinajstić information content (AvgIpc) is 3.06. The van der Waals surface area contributed by atoms with Crippen LogP contribution in [-0.2, 0) is 16.1 Å². The maximum atomic E-state index is 13.0. The largest absolute Gasteiger partial charge is 0.486 e. The SMILES string of the molecule is CCOC(=O)CCn1c(=NC(=O)c2ccc(C)cc2C)sc2cc3c(cc21)OCCO3. The predicted octanol–water partition coefficient (Wildman–Crippen LogP) is 3.79. The molecular formula is C23H24N2O5S. The second-order valence-corrected chi connectivity index (χ2v) is 8.30. The fraction of sp³-hybridized carbons (Fsp3) is 0.348. The van der Waals surface area contributed by atoms with E-state index < -0.39 is 0 Å². The fourth-order valence-corrected chi connectivity index (χ4v) is 4.61. The molecule has 1 aliphatic heterocycles. The lowest BCUT2D eigenvalue weighted by atomic mass is 10.1. The van der Waals surface area contributed by atoms with Crippen LogP contribution in [0.4, 0.5) is 0 Å². The van der Waals surface area contributed by atoms with E-state index in [-0.39, 0.29) is 18.3 Å². The summed E-state index contributed by atoms with van der Waals surface area (Å²) in [5.74, 6) is 0.711. The topological polar surface area (TPSA) is 79.1 Å². The molecule has 0 saturated heterocycles. The van der Waals surface area contributed by atoms with Crippen molar-refractivity contribution in [2.75, 3.05) is 19.8 Å². The Bertz CT molecular complexity index is 1220. The summed E-state index contributed by atoms with van der Waals surface area (Å²) in [5.41, 5.74) is 3.37. The van der Waals surface area contributed by atoms with Crippen molar-refractivity contribution < 1.29 is 23.8 Å². The molecule has 0 atom stereocenters. The first-order valence-corrected chi connectivity index (χ1v) is 11.0. The van der Waals surface area contributed by atoms with Gasteiger partial charge in [0.25, 0.3) is 5.91 Å². The molecule has 0 bridgehead atoms. The van der Waals surface area contributed by atoms with Gasteiger partial charge in [-0.15, -0.1) is 0 Å². The van der Waals surface area contributed by atoms with Gasteiger partial charge in [0, 0.05) is 24.2 Å². The molecular weight excluding hydrogens is 416 g/mol. The maximum Gasteiger partial charge on any atom is 0.307 e. The van der Waals surface area contributed by atoms with Gasteiger partial charge >= 0.3 is 5.97 Å². The fourth-order valence-electron chi connectivity index (χ4n) is 3.54. The van der Waals surface area contributed by atoms with E-state index in [1.165, 1.54) is 11.3 Å². The Balaban J connectivity index is 1.80. The van der Waals surface area contributed by atoms with Gasteiger partial charge in [-0.2, -0.15) is 4.99 Å². The van der Waals surface area contributed by atoms with E-state index in [2.05, 4.69) is 4.99 Å². The van der Waals surface area contributed by atoms with E-state index in [0.717, 1.165) is 21.3 Å². The highest BCUT2D eigenvalue weighted by atomic mass is 32.1. The zero-order chi connectivity index (χ0) is 22.0. The third-order valence-electron chi connectivity index (χ3n) is 5.00. The summed E-state index contributed by atoms with van der Waals surface area (Å²) in [6.07, 6.45) is 0.180. The molecule has 1 amide bonds. The number of hydrogen-bond acceptors (Lipinski definition) is 6. The molecule has 31 heavy (non-hydrogen) atoms. The molecule has 1 aromatic heterocycles. The lowest BCUT2D eigenvalue weighted by Crippen LogP contribution is -2.20. The van der Waals surface area contributed by atoms with E-state index in [0.29, 0.717) is 48.2 Å². The number of esters is 1. The third kappa shape index (κ3) is 4.49. The smallest absolute Gasteiger partial charge is 0.307 e. The summed E-state index contributed by atoms with van der Waals surface area (Å²) in [5, 5.41) is 0. The number of amides is 1. The number of ether oxygens (including phenoxy) is 3. The highest BCUT2D eigenvalue weighted by Crippen LogP contribution is 2.35. The lowest BCUT2D eigenvalue weighted by Gasteiger charge is -2.18. The molecule has 7 nitrogen and oxygen atoms in total. The van der Waals surface area contributed by atoms with Crippen LogP contribution in [0.3, 0.4) is 0 Å². The van der Waals surface area contributed by atoms with Crippen molar-refractivity contribution in [3.05, 3.63) is 51.8 Å². The Morgan fingerprint density at radius 3 is 2.58 bits per heavy atom. The molecule has 0 unspecified atom stereocenters. The van der Waals surface area contributed by atoms with Crippen molar-refractivity contribution in [2.45, 2.75) is 33.7 Å². The molecule has 2 heterocycles. The van der Waals surface area contributed by atoms with E-state index in [9.17, 15) is 9.59 Å². The average molecular weight is 441 g/mol. The minimum Gasteiger partial charge on any atom is -0.486 e. The van der Waals surface area contributed by atoms with Crippen molar-refractivity contribution in [3.63, 3.8) is 0 Å². The summed E-state index contributed by atoms with van der Waals surface area (Å²) in [6, 6.07) is 9.44. The lowest BCUT2D eigenvalue weighted by molar-refractivity contribution is -0.143. The Morgan fingerprint density at radius 1 is 1.13 bits per heavy atom. The van der Waals surface area contributed by atoms with Gasteiger partial charge < -0.3 is 18.8 Å². The number of fused-ring (bicyclic) bond motifs is 2. The number of hydrogen-bond donors (Lipinski definition) is 0. The van der Waals surface area contributed by atoms with Crippen LogP contribution in [0.15, 0.2) is 35.3 Å². The van der Waals surface area contributed by atoms with Crippen LogP contribution >= 0.6 is 11.3 Å². The van der Waals surface area contributed by atoms with Crippen LogP contribution < -0.4 is 14.3 Å². The first-order valence-electron chi connectivity index (χ1n) is 10.2. The Labute approximate surface area is 183 Å². The van der Waals surface area contributed by atoms with Gasteiger partial charge in [0.2, 0.25) is 0 Å².